The highest BCUT2D eigenvalue weighted by molar-refractivity contribution is 9.10. The number of fused-ring (bicyclic) bond motifs is 2. The molecule has 2 bridgehead atoms. The Bertz CT molecular complexity index is 643. The quantitative estimate of drug-likeness (QED) is 0.819. The Kier molecular flexibility index (Phi) is 3.59. The third kappa shape index (κ3) is 2.49. The number of nitrogens with one attached hydrogen (secondary N) is 1. The topological polar surface area (TPSA) is 75.6 Å². The average molecular weight is 352 g/mol. The number of amides is 1. The number of hydrogen-bond donors (Lipinski definition) is 2. The molecule has 3 rings (SSSR count). The van der Waals surface area contributed by atoms with Crippen molar-refractivity contribution in [1.29, 1.82) is 0 Å². The molecule has 2 aliphatic heterocycles. The molecular formula is C15H14BrNO4. The zero-order chi connectivity index (χ0) is 15.1. The minimum Gasteiger partial charge on any atom is -0.481 e. The van der Waals surface area contributed by atoms with Gasteiger partial charge in [0, 0.05) is 10.2 Å². The van der Waals surface area contributed by atoms with E-state index in [0.717, 1.165) is 10.0 Å². The van der Waals surface area contributed by atoms with Crippen molar-refractivity contribution in [1.82, 2.24) is 0 Å². The van der Waals surface area contributed by atoms with E-state index in [2.05, 4.69) is 21.2 Å². The van der Waals surface area contributed by atoms with Gasteiger partial charge in [0.05, 0.1) is 18.1 Å². The van der Waals surface area contributed by atoms with Crippen LogP contribution in [0, 0.1) is 18.8 Å². The predicted molar refractivity (Wildman–Crippen MR) is 79.9 cm³/mol. The Morgan fingerprint density at radius 2 is 1.90 bits per heavy atom. The van der Waals surface area contributed by atoms with Crippen molar-refractivity contribution in [3.63, 3.8) is 0 Å². The van der Waals surface area contributed by atoms with Crippen LogP contribution in [0.1, 0.15) is 5.56 Å². The van der Waals surface area contributed by atoms with Crippen LogP contribution in [0.2, 0.25) is 0 Å². The van der Waals surface area contributed by atoms with Crippen molar-refractivity contribution < 1.29 is 19.4 Å². The number of ether oxygens (including phenoxy) is 1. The van der Waals surface area contributed by atoms with E-state index in [1.54, 1.807) is 18.2 Å². The lowest BCUT2D eigenvalue weighted by Crippen LogP contribution is -2.39. The predicted octanol–water partition coefficient (Wildman–Crippen LogP) is 2.35. The van der Waals surface area contributed by atoms with Crippen molar-refractivity contribution in [2.75, 3.05) is 5.32 Å². The summed E-state index contributed by atoms with van der Waals surface area (Å²) in [5.41, 5.74) is 1.64. The van der Waals surface area contributed by atoms with E-state index in [1.807, 2.05) is 19.1 Å². The Morgan fingerprint density at radius 3 is 2.52 bits per heavy atom. The molecule has 0 spiro atoms. The lowest BCUT2D eigenvalue weighted by molar-refractivity contribution is -0.145. The lowest BCUT2D eigenvalue weighted by Gasteiger charge is -2.21. The van der Waals surface area contributed by atoms with Gasteiger partial charge in [0.25, 0.3) is 0 Å². The first-order valence-corrected chi connectivity index (χ1v) is 7.40. The summed E-state index contributed by atoms with van der Waals surface area (Å²) >= 11 is 3.40. The summed E-state index contributed by atoms with van der Waals surface area (Å²) in [5, 5.41) is 12.1. The smallest absolute Gasteiger partial charge is 0.310 e. The van der Waals surface area contributed by atoms with Crippen LogP contribution in [0.4, 0.5) is 5.69 Å². The molecule has 21 heavy (non-hydrogen) atoms. The highest BCUT2D eigenvalue weighted by Gasteiger charge is 2.53. The van der Waals surface area contributed by atoms with Crippen molar-refractivity contribution >= 4 is 33.5 Å². The Labute approximate surface area is 130 Å². The van der Waals surface area contributed by atoms with Gasteiger partial charge in [-0.3, -0.25) is 9.59 Å². The number of rotatable bonds is 3. The summed E-state index contributed by atoms with van der Waals surface area (Å²) in [5.74, 6) is -2.84. The van der Waals surface area contributed by atoms with E-state index in [0.29, 0.717) is 5.69 Å². The molecule has 4 atom stereocenters. The van der Waals surface area contributed by atoms with Gasteiger partial charge >= 0.3 is 5.97 Å². The van der Waals surface area contributed by atoms with Crippen molar-refractivity contribution in [2.24, 2.45) is 11.8 Å². The molecule has 5 nitrogen and oxygen atoms in total. The van der Waals surface area contributed by atoms with Gasteiger partial charge in [0.15, 0.2) is 0 Å². The molecule has 0 saturated carbocycles. The number of carboxylic acid groups (broad SMARTS) is 1. The first-order valence-electron chi connectivity index (χ1n) is 6.61. The van der Waals surface area contributed by atoms with Gasteiger partial charge in [-0.2, -0.15) is 0 Å². The lowest BCUT2D eigenvalue weighted by atomic mass is 9.82. The maximum Gasteiger partial charge on any atom is 0.310 e. The van der Waals surface area contributed by atoms with Crippen LogP contribution in [0.5, 0.6) is 0 Å². The van der Waals surface area contributed by atoms with Crippen LogP contribution < -0.4 is 5.32 Å². The zero-order valence-corrected chi connectivity index (χ0v) is 12.8. The van der Waals surface area contributed by atoms with E-state index in [4.69, 9.17) is 4.74 Å². The van der Waals surface area contributed by atoms with E-state index in [9.17, 15) is 14.7 Å². The third-order valence-electron chi connectivity index (χ3n) is 3.91. The fourth-order valence-corrected chi connectivity index (χ4v) is 3.11. The van der Waals surface area contributed by atoms with E-state index in [1.165, 1.54) is 0 Å². The van der Waals surface area contributed by atoms with Gasteiger partial charge in [0.2, 0.25) is 5.91 Å². The molecule has 0 radical (unpaired) electrons. The fraction of sp³-hybridized carbons (Fsp3) is 0.333. The molecule has 2 heterocycles. The van der Waals surface area contributed by atoms with Crippen LogP contribution in [0.15, 0.2) is 34.8 Å². The molecule has 0 aromatic heterocycles. The molecule has 1 amide bonds. The maximum absolute atomic E-state index is 12.4. The zero-order valence-electron chi connectivity index (χ0n) is 11.2. The molecule has 110 valence electrons. The van der Waals surface area contributed by atoms with Gasteiger partial charge in [-0.25, -0.2) is 0 Å². The number of anilines is 1. The molecule has 1 saturated heterocycles. The van der Waals surface area contributed by atoms with E-state index >= 15 is 0 Å². The highest BCUT2D eigenvalue weighted by Crippen LogP contribution is 2.39. The van der Waals surface area contributed by atoms with E-state index in [-0.39, 0.29) is 5.91 Å². The summed E-state index contributed by atoms with van der Waals surface area (Å²) in [6, 6.07) is 5.45. The Hall–Kier alpha value is -1.66. The molecule has 6 heteroatoms. The monoisotopic (exact) mass is 351 g/mol. The first-order chi connectivity index (χ1) is 9.97. The number of aliphatic carboxylic acids is 1. The van der Waals surface area contributed by atoms with Crippen molar-refractivity contribution in [2.45, 2.75) is 19.1 Å². The summed E-state index contributed by atoms with van der Waals surface area (Å²) in [7, 11) is 0. The molecule has 1 aromatic carbocycles. The van der Waals surface area contributed by atoms with Crippen molar-refractivity contribution in [3.8, 4) is 0 Å². The SMILES string of the molecule is Cc1cc(NC(=O)[C@H]2[C@@H](C(=O)O)[C@H]3C=C[C@H]2O3)ccc1Br. The number of carbonyl (C=O) groups is 2. The van der Waals surface area contributed by atoms with Crippen molar-refractivity contribution in [3.05, 3.63) is 40.4 Å². The largest absolute Gasteiger partial charge is 0.481 e. The standard InChI is InChI=1S/C15H14BrNO4/c1-7-6-8(2-3-9(7)16)17-14(18)12-10-4-5-11(21-10)13(12)15(19)20/h2-6,10-13H,1H3,(H,17,18)(H,19,20)/t10-,11-,12-,13+/m1/s1. The maximum atomic E-state index is 12.4. The summed E-state index contributed by atoms with van der Waals surface area (Å²) in [6.45, 7) is 1.92. The minimum absolute atomic E-state index is 0.319. The van der Waals surface area contributed by atoms with Crippen LogP contribution in [-0.4, -0.2) is 29.2 Å². The van der Waals surface area contributed by atoms with E-state index < -0.39 is 30.0 Å². The number of halogens is 1. The van der Waals surface area contributed by atoms with Crippen LogP contribution in [0.3, 0.4) is 0 Å². The average Bonchev–Trinajstić information content (AvgIpc) is 3.03. The second-order valence-corrected chi connectivity index (χ2v) is 6.15. The number of carbonyl (C=O) groups excluding carboxylic acids is 1. The normalized spacial score (nSPS) is 29.6. The number of benzene rings is 1. The van der Waals surface area contributed by atoms with Gasteiger partial charge in [-0.05, 0) is 30.7 Å². The summed E-state index contributed by atoms with van der Waals surface area (Å²) in [4.78, 5) is 23.8. The number of aryl methyl sites for hydroxylation is 1. The second-order valence-electron chi connectivity index (χ2n) is 5.29. The number of hydrogen-bond acceptors (Lipinski definition) is 3. The minimum atomic E-state index is -1.00. The summed E-state index contributed by atoms with van der Waals surface area (Å²) < 4.78 is 6.45. The number of carboxylic acids is 1. The molecule has 0 unspecified atom stereocenters. The molecule has 0 aliphatic carbocycles. The fourth-order valence-electron chi connectivity index (χ4n) is 2.86. The summed E-state index contributed by atoms with van der Waals surface area (Å²) in [6.07, 6.45) is 2.53. The van der Waals surface area contributed by atoms with Crippen LogP contribution in [-0.2, 0) is 14.3 Å². The molecule has 2 N–H and O–H groups in total. The third-order valence-corrected chi connectivity index (χ3v) is 4.80. The highest BCUT2D eigenvalue weighted by atomic mass is 79.9. The molecule has 1 fully saturated rings. The van der Waals surface area contributed by atoms with Gasteiger partial charge in [-0.1, -0.05) is 28.1 Å². The van der Waals surface area contributed by atoms with Crippen LogP contribution in [0.25, 0.3) is 0 Å². The van der Waals surface area contributed by atoms with Gasteiger partial charge in [0.1, 0.15) is 5.92 Å². The molecule has 1 aromatic rings. The first kappa shape index (κ1) is 14.3. The molecule has 2 aliphatic rings. The Balaban J connectivity index is 1.80. The van der Waals surface area contributed by atoms with Gasteiger partial charge in [-0.15, -0.1) is 0 Å². The van der Waals surface area contributed by atoms with Gasteiger partial charge < -0.3 is 15.2 Å². The second kappa shape index (κ2) is 5.27. The Morgan fingerprint density at radius 1 is 1.24 bits per heavy atom. The van der Waals surface area contributed by atoms with Crippen LogP contribution >= 0.6 is 15.9 Å². The molecular weight excluding hydrogens is 338 g/mol.